The van der Waals surface area contributed by atoms with Crippen LogP contribution >= 0.6 is 11.7 Å². The highest BCUT2D eigenvalue weighted by Crippen LogP contribution is 2.26. The summed E-state index contributed by atoms with van der Waals surface area (Å²) in [6, 6.07) is 8.55. The van der Waals surface area contributed by atoms with Gasteiger partial charge in [0.25, 0.3) is 0 Å². The lowest BCUT2D eigenvalue weighted by Gasteiger charge is -2.07. The van der Waals surface area contributed by atoms with E-state index in [1.807, 2.05) is 7.05 Å². The van der Waals surface area contributed by atoms with Crippen LogP contribution in [0.5, 0.6) is 0 Å². The number of anilines is 1. The van der Waals surface area contributed by atoms with Crippen LogP contribution in [-0.4, -0.2) is 15.8 Å². The van der Waals surface area contributed by atoms with Crippen LogP contribution in [0.15, 0.2) is 24.3 Å². The topological polar surface area (TPSA) is 37.8 Å². The van der Waals surface area contributed by atoms with E-state index in [0.29, 0.717) is 5.92 Å². The number of hydrogen-bond donors (Lipinski definition) is 1. The molecular formula is C13H17N3S. The van der Waals surface area contributed by atoms with Gasteiger partial charge in [-0.3, -0.25) is 0 Å². The van der Waals surface area contributed by atoms with Gasteiger partial charge in [0.05, 0.1) is 11.7 Å². The van der Waals surface area contributed by atoms with Crippen molar-refractivity contribution in [2.45, 2.75) is 20.3 Å². The molecule has 0 bridgehead atoms. The third-order valence-corrected chi connectivity index (χ3v) is 3.10. The minimum Gasteiger partial charge on any atom is -0.370 e. The lowest BCUT2D eigenvalue weighted by Crippen LogP contribution is -1.95. The average Bonchev–Trinajstić information content (AvgIpc) is 2.76. The Morgan fingerprint density at radius 1 is 1.29 bits per heavy atom. The second kappa shape index (κ2) is 5.27. The molecule has 3 nitrogen and oxygen atoms in total. The first-order valence-corrected chi connectivity index (χ1v) is 6.53. The number of aromatic nitrogens is 2. The molecule has 0 aliphatic rings. The van der Waals surface area contributed by atoms with Crippen LogP contribution in [0.3, 0.4) is 0 Å². The Morgan fingerprint density at radius 2 is 2.12 bits per heavy atom. The molecule has 17 heavy (non-hydrogen) atoms. The highest BCUT2D eigenvalue weighted by atomic mass is 32.1. The van der Waals surface area contributed by atoms with Crippen LogP contribution in [0, 0.1) is 5.92 Å². The van der Waals surface area contributed by atoms with Gasteiger partial charge in [-0.05, 0) is 24.0 Å². The predicted molar refractivity (Wildman–Crippen MR) is 73.4 cm³/mol. The van der Waals surface area contributed by atoms with Gasteiger partial charge in [-0.25, -0.2) is 0 Å². The third-order valence-electron chi connectivity index (χ3n) is 2.57. The van der Waals surface area contributed by atoms with Crippen molar-refractivity contribution < 1.29 is 0 Å². The van der Waals surface area contributed by atoms with Crippen molar-refractivity contribution in [2.24, 2.45) is 5.92 Å². The Balaban J connectivity index is 2.33. The van der Waals surface area contributed by atoms with Crippen LogP contribution in [-0.2, 0) is 6.42 Å². The van der Waals surface area contributed by atoms with E-state index in [1.54, 1.807) is 0 Å². The third kappa shape index (κ3) is 2.82. The predicted octanol–water partition coefficient (Wildman–Crippen LogP) is 3.45. The highest BCUT2D eigenvalue weighted by Gasteiger charge is 2.09. The molecule has 0 saturated heterocycles. The molecule has 0 atom stereocenters. The molecule has 90 valence electrons. The van der Waals surface area contributed by atoms with Crippen LogP contribution < -0.4 is 5.32 Å². The molecule has 0 amide bonds. The van der Waals surface area contributed by atoms with Crippen LogP contribution in [0.2, 0.25) is 0 Å². The zero-order chi connectivity index (χ0) is 12.3. The Morgan fingerprint density at radius 3 is 2.82 bits per heavy atom. The van der Waals surface area contributed by atoms with E-state index in [0.717, 1.165) is 23.5 Å². The molecule has 0 saturated carbocycles. The molecular weight excluding hydrogens is 230 g/mol. The first-order chi connectivity index (χ1) is 8.20. The fourth-order valence-corrected chi connectivity index (χ4v) is 2.43. The zero-order valence-electron chi connectivity index (χ0n) is 10.4. The zero-order valence-corrected chi connectivity index (χ0v) is 11.2. The Hall–Kier alpha value is -1.42. The molecule has 0 aliphatic carbocycles. The van der Waals surface area contributed by atoms with E-state index in [2.05, 4.69) is 52.2 Å². The summed E-state index contributed by atoms with van der Waals surface area (Å²) in [7, 11) is 1.87. The summed E-state index contributed by atoms with van der Waals surface area (Å²) in [5.41, 5.74) is 3.44. The standard InChI is InChI=1S/C13H17N3S/c1-9(2)7-10-5-4-6-11(8-10)12-13(14-3)16-17-15-12/h4-6,8-9H,7H2,1-3H3,(H,14,16). The maximum Gasteiger partial charge on any atom is 0.167 e. The van der Waals surface area contributed by atoms with Crippen molar-refractivity contribution in [3.63, 3.8) is 0 Å². The quantitative estimate of drug-likeness (QED) is 0.899. The van der Waals surface area contributed by atoms with Gasteiger partial charge in [0.1, 0.15) is 5.69 Å². The maximum atomic E-state index is 4.35. The molecule has 1 aromatic heterocycles. The van der Waals surface area contributed by atoms with Gasteiger partial charge in [0, 0.05) is 12.6 Å². The van der Waals surface area contributed by atoms with Crippen LogP contribution in [0.1, 0.15) is 19.4 Å². The van der Waals surface area contributed by atoms with Crippen molar-refractivity contribution in [3.8, 4) is 11.3 Å². The molecule has 1 heterocycles. The number of hydrogen-bond acceptors (Lipinski definition) is 4. The molecule has 0 radical (unpaired) electrons. The van der Waals surface area contributed by atoms with Crippen molar-refractivity contribution >= 4 is 17.5 Å². The monoisotopic (exact) mass is 247 g/mol. The largest absolute Gasteiger partial charge is 0.370 e. The van der Waals surface area contributed by atoms with E-state index in [4.69, 9.17) is 0 Å². The normalized spacial score (nSPS) is 10.8. The van der Waals surface area contributed by atoms with E-state index >= 15 is 0 Å². The SMILES string of the molecule is CNc1nsnc1-c1cccc(CC(C)C)c1. The van der Waals surface area contributed by atoms with Gasteiger partial charge < -0.3 is 5.32 Å². The first kappa shape index (κ1) is 12.0. The summed E-state index contributed by atoms with van der Waals surface area (Å²) in [5.74, 6) is 1.53. The van der Waals surface area contributed by atoms with Gasteiger partial charge in [-0.2, -0.15) is 8.75 Å². The minimum atomic E-state index is 0.669. The van der Waals surface area contributed by atoms with Crippen molar-refractivity contribution in [2.75, 3.05) is 12.4 Å². The number of benzene rings is 1. The molecule has 4 heteroatoms. The van der Waals surface area contributed by atoms with Crippen LogP contribution in [0.4, 0.5) is 5.82 Å². The van der Waals surface area contributed by atoms with Crippen molar-refractivity contribution in [1.29, 1.82) is 0 Å². The summed E-state index contributed by atoms with van der Waals surface area (Å²) in [5, 5.41) is 3.07. The second-order valence-electron chi connectivity index (χ2n) is 4.51. The molecule has 0 fully saturated rings. The lowest BCUT2D eigenvalue weighted by molar-refractivity contribution is 0.647. The van der Waals surface area contributed by atoms with Gasteiger partial charge in [-0.1, -0.05) is 32.0 Å². The molecule has 0 spiro atoms. The van der Waals surface area contributed by atoms with Gasteiger partial charge in [-0.15, -0.1) is 0 Å². The Labute approximate surface area is 106 Å². The molecule has 2 rings (SSSR count). The maximum absolute atomic E-state index is 4.35. The molecule has 0 unspecified atom stereocenters. The summed E-state index contributed by atoms with van der Waals surface area (Å²) in [6.45, 7) is 4.46. The fourth-order valence-electron chi connectivity index (χ4n) is 1.86. The summed E-state index contributed by atoms with van der Waals surface area (Å²) < 4.78 is 8.57. The molecule has 1 N–H and O–H groups in total. The van der Waals surface area contributed by atoms with E-state index in [9.17, 15) is 0 Å². The Bertz CT molecular complexity index is 491. The van der Waals surface area contributed by atoms with Gasteiger partial charge in [0.15, 0.2) is 5.82 Å². The molecule has 2 aromatic rings. The smallest absolute Gasteiger partial charge is 0.167 e. The molecule has 0 aliphatic heterocycles. The average molecular weight is 247 g/mol. The highest BCUT2D eigenvalue weighted by molar-refractivity contribution is 6.99. The molecule has 1 aromatic carbocycles. The lowest BCUT2D eigenvalue weighted by atomic mass is 10.00. The summed E-state index contributed by atoms with van der Waals surface area (Å²) in [6.07, 6.45) is 1.10. The van der Waals surface area contributed by atoms with Gasteiger partial charge in [0.2, 0.25) is 0 Å². The number of nitrogens with one attached hydrogen (secondary N) is 1. The second-order valence-corrected chi connectivity index (χ2v) is 5.04. The van der Waals surface area contributed by atoms with Gasteiger partial charge >= 0.3 is 0 Å². The fraction of sp³-hybridized carbons (Fsp3) is 0.385. The van der Waals surface area contributed by atoms with Crippen molar-refractivity contribution in [1.82, 2.24) is 8.75 Å². The van der Waals surface area contributed by atoms with E-state index in [1.165, 1.54) is 17.3 Å². The number of nitrogens with zero attached hydrogens (tertiary/aromatic N) is 2. The van der Waals surface area contributed by atoms with E-state index in [-0.39, 0.29) is 0 Å². The first-order valence-electron chi connectivity index (χ1n) is 5.80. The summed E-state index contributed by atoms with van der Waals surface area (Å²) >= 11 is 1.24. The number of rotatable bonds is 4. The Kier molecular flexibility index (Phi) is 3.74. The van der Waals surface area contributed by atoms with Crippen molar-refractivity contribution in [3.05, 3.63) is 29.8 Å². The van der Waals surface area contributed by atoms with E-state index < -0.39 is 0 Å². The van der Waals surface area contributed by atoms with Crippen LogP contribution in [0.25, 0.3) is 11.3 Å². The summed E-state index contributed by atoms with van der Waals surface area (Å²) in [4.78, 5) is 0. The minimum absolute atomic E-state index is 0.669.